The highest BCUT2D eigenvalue weighted by atomic mass is 32.2. The lowest BCUT2D eigenvalue weighted by Crippen LogP contribution is -2.21. The van der Waals surface area contributed by atoms with Crippen molar-refractivity contribution < 1.29 is 17.2 Å². The Morgan fingerprint density at radius 2 is 2.11 bits per heavy atom. The van der Waals surface area contributed by atoms with E-state index in [-0.39, 0.29) is 22.3 Å². The van der Waals surface area contributed by atoms with E-state index in [9.17, 15) is 17.2 Å². The van der Waals surface area contributed by atoms with Crippen molar-refractivity contribution in [3.8, 4) is 0 Å². The molecule has 100 valence electrons. The second kappa shape index (κ2) is 4.93. The average Bonchev–Trinajstić information content (AvgIpc) is 2.36. The third kappa shape index (κ3) is 2.40. The smallest absolute Gasteiger partial charge is 0.181 e. The number of fused-ring (bicyclic) bond motifs is 1. The minimum atomic E-state index is -3.66. The standard InChI is InChI=1S/C12H15F2NO2S/c1-2-15-11-4-3-5-18(16,17)12-9(11)6-8(13)7-10(12)14/h6-7,11,15H,2-5H2,1H3. The number of benzene rings is 1. The van der Waals surface area contributed by atoms with E-state index in [1.54, 1.807) is 0 Å². The molecular formula is C12H15F2NO2S. The number of halogens is 2. The highest BCUT2D eigenvalue weighted by Crippen LogP contribution is 2.33. The van der Waals surface area contributed by atoms with Gasteiger partial charge >= 0.3 is 0 Å². The fourth-order valence-corrected chi connectivity index (χ4v) is 4.03. The summed E-state index contributed by atoms with van der Waals surface area (Å²) in [4.78, 5) is -0.340. The average molecular weight is 275 g/mol. The van der Waals surface area contributed by atoms with E-state index in [1.807, 2.05) is 6.92 Å². The van der Waals surface area contributed by atoms with Crippen molar-refractivity contribution in [2.24, 2.45) is 0 Å². The number of nitrogens with one attached hydrogen (secondary N) is 1. The van der Waals surface area contributed by atoms with Crippen LogP contribution >= 0.6 is 0 Å². The molecule has 1 aromatic rings. The van der Waals surface area contributed by atoms with E-state index >= 15 is 0 Å². The predicted molar refractivity (Wildman–Crippen MR) is 64.1 cm³/mol. The number of sulfone groups is 1. The van der Waals surface area contributed by atoms with E-state index in [2.05, 4.69) is 5.32 Å². The van der Waals surface area contributed by atoms with Crippen LogP contribution in [0.25, 0.3) is 0 Å². The largest absolute Gasteiger partial charge is 0.310 e. The molecule has 0 bridgehead atoms. The van der Waals surface area contributed by atoms with Gasteiger partial charge < -0.3 is 5.32 Å². The third-order valence-corrected chi connectivity index (χ3v) is 4.96. The highest BCUT2D eigenvalue weighted by Gasteiger charge is 2.31. The maximum Gasteiger partial charge on any atom is 0.181 e. The maximum atomic E-state index is 13.8. The molecule has 1 atom stereocenters. The first-order chi connectivity index (χ1) is 8.45. The number of hydrogen-bond donors (Lipinski definition) is 1. The zero-order valence-corrected chi connectivity index (χ0v) is 10.9. The lowest BCUT2D eigenvalue weighted by molar-refractivity contribution is 0.490. The molecule has 18 heavy (non-hydrogen) atoms. The zero-order valence-electron chi connectivity index (χ0n) is 10.0. The van der Waals surface area contributed by atoms with Crippen molar-refractivity contribution in [3.05, 3.63) is 29.3 Å². The molecule has 3 nitrogen and oxygen atoms in total. The normalized spacial score (nSPS) is 22.3. The van der Waals surface area contributed by atoms with Gasteiger partial charge in [-0.25, -0.2) is 17.2 Å². The molecular weight excluding hydrogens is 260 g/mol. The minimum absolute atomic E-state index is 0.0928. The van der Waals surface area contributed by atoms with Crippen LogP contribution in [-0.2, 0) is 9.84 Å². The second-order valence-electron chi connectivity index (χ2n) is 4.38. The van der Waals surface area contributed by atoms with Crippen LogP contribution in [0.4, 0.5) is 8.78 Å². The fraction of sp³-hybridized carbons (Fsp3) is 0.500. The topological polar surface area (TPSA) is 46.2 Å². The summed E-state index contributed by atoms with van der Waals surface area (Å²) in [5.41, 5.74) is 0.215. The van der Waals surface area contributed by atoms with Gasteiger partial charge in [0, 0.05) is 12.1 Å². The van der Waals surface area contributed by atoms with Crippen LogP contribution in [-0.4, -0.2) is 20.7 Å². The monoisotopic (exact) mass is 275 g/mol. The molecule has 0 saturated heterocycles. The summed E-state index contributed by atoms with van der Waals surface area (Å²) in [5, 5.41) is 3.08. The van der Waals surface area contributed by atoms with Crippen molar-refractivity contribution >= 4 is 9.84 Å². The van der Waals surface area contributed by atoms with Gasteiger partial charge in [0.05, 0.1) is 5.75 Å². The van der Waals surface area contributed by atoms with Crippen LogP contribution in [0, 0.1) is 11.6 Å². The van der Waals surface area contributed by atoms with Gasteiger partial charge in [0.1, 0.15) is 16.5 Å². The first-order valence-electron chi connectivity index (χ1n) is 5.91. The van der Waals surface area contributed by atoms with Crippen molar-refractivity contribution in [1.29, 1.82) is 0 Å². The zero-order chi connectivity index (χ0) is 13.3. The van der Waals surface area contributed by atoms with Gasteiger partial charge in [0.2, 0.25) is 0 Å². The van der Waals surface area contributed by atoms with Crippen LogP contribution in [0.5, 0.6) is 0 Å². The molecule has 0 fully saturated rings. The Labute approximate surface area is 105 Å². The van der Waals surface area contributed by atoms with Crippen LogP contribution in [0.1, 0.15) is 31.4 Å². The summed E-state index contributed by atoms with van der Waals surface area (Å²) >= 11 is 0. The van der Waals surface area contributed by atoms with Gasteiger partial charge in [-0.1, -0.05) is 6.92 Å². The number of rotatable bonds is 2. The second-order valence-corrected chi connectivity index (χ2v) is 6.42. The summed E-state index contributed by atoms with van der Waals surface area (Å²) in [6, 6.07) is 1.44. The van der Waals surface area contributed by atoms with Crippen molar-refractivity contribution in [2.45, 2.75) is 30.7 Å². The third-order valence-electron chi connectivity index (χ3n) is 3.08. The molecule has 0 radical (unpaired) electrons. The quantitative estimate of drug-likeness (QED) is 0.842. The van der Waals surface area contributed by atoms with Crippen LogP contribution in [0.3, 0.4) is 0 Å². The molecule has 1 aromatic carbocycles. The molecule has 1 unspecified atom stereocenters. The Bertz CT molecular complexity index is 557. The number of hydrogen-bond acceptors (Lipinski definition) is 3. The SMILES string of the molecule is CCNC1CCCS(=O)(=O)c2c(F)cc(F)cc21. The lowest BCUT2D eigenvalue weighted by Gasteiger charge is -2.18. The highest BCUT2D eigenvalue weighted by molar-refractivity contribution is 7.91. The van der Waals surface area contributed by atoms with Gasteiger partial charge in [-0.3, -0.25) is 0 Å². The molecule has 0 spiro atoms. The Morgan fingerprint density at radius 1 is 1.39 bits per heavy atom. The molecule has 1 N–H and O–H groups in total. The fourth-order valence-electron chi connectivity index (χ4n) is 2.36. The minimum Gasteiger partial charge on any atom is -0.310 e. The van der Waals surface area contributed by atoms with E-state index in [1.165, 1.54) is 0 Å². The first-order valence-corrected chi connectivity index (χ1v) is 7.56. The first kappa shape index (κ1) is 13.4. The van der Waals surface area contributed by atoms with Crippen molar-refractivity contribution in [2.75, 3.05) is 12.3 Å². The van der Waals surface area contributed by atoms with E-state index in [0.29, 0.717) is 25.5 Å². The molecule has 2 rings (SSSR count). The van der Waals surface area contributed by atoms with Crippen LogP contribution in [0.15, 0.2) is 17.0 Å². The van der Waals surface area contributed by atoms with E-state index < -0.39 is 21.5 Å². The summed E-state index contributed by atoms with van der Waals surface area (Å²) in [6.45, 7) is 2.48. The van der Waals surface area contributed by atoms with Crippen LogP contribution < -0.4 is 5.32 Å². The summed E-state index contributed by atoms with van der Waals surface area (Å²) in [6.07, 6.45) is 0.999. The Kier molecular flexibility index (Phi) is 3.68. The van der Waals surface area contributed by atoms with Gasteiger partial charge in [-0.15, -0.1) is 0 Å². The van der Waals surface area contributed by atoms with Crippen LogP contribution in [0.2, 0.25) is 0 Å². The molecule has 0 aliphatic carbocycles. The van der Waals surface area contributed by atoms with Crippen molar-refractivity contribution in [1.82, 2.24) is 5.32 Å². The van der Waals surface area contributed by atoms with Gasteiger partial charge in [-0.05, 0) is 31.0 Å². The molecule has 1 aliphatic heterocycles. The Morgan fingerprint density at radius 3 is 2.78 bits per heavy atom. The van der Waals surface area contributed by atoms with Gasteiger partial charge in [0.25, 0.3) is 0 Å². The molecule has 0 amide bonds. The van der Waals surface area contributed by atoms with Gasteiger partial charge in [-0.2, -0.15) is 0 Å². The molecule has 6 heteroatoms. The van der Waals surface area contributed by atoms with Crippen molar-refractivity contribution in [3.63, 3.8) is 0 Å². The molecule has 0 aromatic heterocycles. The van der Waals surface area contributed by atoms with Gasteiger partial charge in [0.15, 0.2) is 9.84 Å². The van der Waals surface area contributed by atoms with E-state index in [4.69, 9.17) is 0 Å². The predicted octanol–water partition coefficient (Wildman–Crippen LogP) is 2.18. The Hall–Kier alpha value is -1.01. The summed E-state index contributed by atoms with van der Waals surface area (Å²) in [7, 11) is -3.66. The molecule has 1 heterocycles. The maximum absolute atomic E-state index is 13.8. The Balaban J connectivity index is 2.66. The summed E-state index contributed by atoms with van der Waals surface area (Å²) in [5.74, 6) is -1.83. The molecule has 0 saturated carbocycles. The molecule has 1 aliphatic rings. The summed E-state index contributed by atoms with van der Waals surface area (Å²) < 4.78 is 51.0. The lowest BCUT2D eigenvalue weighted by atomic mass is 10.0. The van der Waals surface area contributed by atoms with E-state index in [0.717, 1.165) is 6.07 Å².